The lowest BCUT2D eigenvalue weighted by molar-refractivity contribution is -0.173. The first-order valence-corrected chi connectivity index (χ1v) is 14.6. The Labute approximate surface area is 230 Å². The molecule has 1 unspecified atom stereocenters. The van der Waals surface area contributed by atoms with Crippen molar-refractivity contribution in [2.75, 3.05) is 0 Å². The predicted octanol–water partition coefficient (Wildman–Crippen LogP) is 3.70. The maximum Gasteiger partial charge on any atom is 0.413 e. The molecule has 0 saturated carbocycles. The van der Waals surface area contributed by atoms with Crippen LogP contribution in [-0.2, 0) is 25.7 Å². The number of nitrogens with zero attached hydrogens (tertiary/aromatic N) is 3. The molecule has 7 atom stereocenters. The number of carbonyl (C=O) groups is 3. The third kappa shape index (κ3) is 5.36. The minimum atomic E-state index is -1.16. The number of ether oxygens (including phenoxy) is 2. The van der Waals surface area contributed by atoms with Gasteiger partial charge in [0, 0.05) is 29.8 Å². The minimum Gasteiger partial charge on any atom is -0.421 e. The van der Waals surface area contributed by atoms with Gasteiger partial charge in [-0.3, -0.25) is 4.79 Å². The number of esters is 1. The Morgan fingerprint density at radius 1 is 1.24 bits per heavy atom. The Bertz CT molecular complexity index is 1120. The highest BCUT2D eigenvalue weighted by Crippen LogP contribution is 2.51. The number of hydrogen-bond acceptors (Lipinski definition) is 10. The summed E-state index contributed by atoms with van der Waals surface area (Å²) in [6.07, 6.45) is 2.06. The lowest BCUT2D eigenvalue weighted by Gasteiger charge is -2.46. The number of amides is 2. The minimum absolute atomic E-state index is 0.0316. The van der Waals surface area contributed by atoms with E-state index >= 15 is 0 Å². The molecule has 0 aromatic carbocycles. The van der Waals surface area contributed by atoms with Crippen LogP contribution in [0.4, 0.5) is 4.79 Å². The van der Waals surface area contributed by atoms with Crippen LogP contribution in [0, 0.1) is 11.8 Å². The fourth-order valence-electron chi connectivity index (χ4n) is 5.59. The average Bonchev–Trinajstić information content (AvgIpc) is 3.39. The van der Waals surface area contributed by atoms with E-state index in [1.165, 1.54) is 34.9 Å². The van der Waals surface area contributed by atoms with Crippen LogP contribution in [0.2, 0.25) is 0 Å². The highest BCUT2D eigenvalue weighted by molar-refractivity contribution is 8.06. The largest absolute Gasteiger partial charge is 0.421 e. The Kier molecular flexibility index (Phi) is 8.85. The second kappa shape index (κ2) is 11.8. The standard InChI is InChI=1S/C26H35N3O7S2/c1-13-7-6-8-14(2)28(13)26(34)36-17(5)35-25(33)22-23(37-10-9-19-18(11-30)27-12-38-19)15(3)21-20(16(4)31)24(32)29(21)22/h9-10,12-17,20-21,30-31H,6-8,11H2,1-5H3/t13-,14+,15-,16-,17?,20-,21-/m1/s1. The zero-order valence-electron chi connectivity index (χ0n) is 22.2. The van der Waals surface area contributed by atoms with Crippen LogP contribution in [0.15, 0.2) is 21.5 Å². The number of aromatic nitrogens is 1. The summed E-state index contributed by atoms with van der Waals surface area (Å²) in [5, 5.41) is 21.4. The predicted molar refractivity (Wildman–Crippen MR) is 143 cm³/mol. The zero-order valence-corrected chi connectivity index (χ0v) is 23.8. The normalized spacial score (nSPS) is 28.8. The number of piperidine rings is 1. The molecule has 2 fully saturated rings. The van der Waals surface area contributed by atoms with Crippen molar-refractivity contribution in [2.24, 2.45) is 11.8 Å². The van der Waals surface area contributed by atoms with Crippen molar-refractivity contribution in [3.63, 3.8) is 0 Å². The van der Waals surface area contributed by atoms with Crippen LogP contribution < -0.4 is 0 Å². The summed E-state index contributed by atoms with van der Waals surface area (Å²) in [5.41, 5.74) is 2.30. The molecule has 2 saturated heterocycles. The van der Waals surface area contributed by atoms with E-state index in [4.69, 9.17) is 9.47 Å². The molecule has 10 nitrogen and oxygen atoms in total. The van der Waals surface area contributed by atoms with Crippen LogP contribution in [0.25, 0.3) is 6.08 Å². The number of carbonyl (C=O) groups excluding carboxylic acids is 3. The second-order valence-electron chi connectivity index (χ2n) is 10.1. The van der Waals surface area contributed by atoms with Crippen molar-refractivity contribution in [1.82, 2.24) is 14.8 Å². The first-order valence-electron chi connectivity index (χ1n) is 12.9. The first-order chi connectivity index (χ1) is 18.1. The van der Waals surface area contributed by atoms with Gasteiger partial charge in [0.15, 0.2) is 0 Å². The molecule has 1 aromatic rings. The number of rotatable bonds is 8. The molecule has 3 aliphatic rings. The summed E-state index contributed by atoms with van der Waals surface area (Å²) in [7, 11) is 0. The summed E-state index contributed by atoms with van der Waals surface area (Å²) in [4.78, 5) is 47.8. The SMILES string of the molecule is CC(OC(=O)C1=C(SC=Cc2scnc2CO)[C@H](C)[C@@H]2[C@@H]([C@@H](C)O)C(=O)N12)OC(=O)N1[C@H](C)CCC[C@@H]1C. The number of thioether (sulfide) groups is 1. The van der Waals surface area contributed by atoms with Gasteiger partial charge in [0.1, 0.15) is 5.70 Å². The molecule has 0 spiro atoms. The summed E-state index contributed by atoms with van der Waals surface area (Å²) in [6.45, 7) is 8.72. The molecule has 3 aliphatic heterocycles. The number of thiazole rings is 1. The van der Waals surface area contributed by atoms with Crippen molar-refractivity contribution in [1.29, 1.82) is 0 Å². The van der Waals surface area contributed by atoms with Gasteiger partial charge < -0.3 is 29.5 Å². The maximum absolute atomic E-state index is 13.4. The quantitative estimate of drug-likeness (QED) is 0.275. The molecule has 12 heteroatoms. The van der Waals surface area contributed by atoms with Gasteiger partial charge in [-0.1, -0.05) is 18.7 Å². The monoisotopic (exact) mass is 565 g/mol. The molecule has 208 valence electrons. The van der Waals surface area contributed by atoms with E-state index < -0.39 is 30.4 Å². The number of fused-ring (bicyclic) bond motifs is 1. The van der Waals surface area contributed by atoms with Crippen LogP contribution >= 0.6 is 23.1 Å². The molecule has 0 aliphatic carbocycles. The Balaban J connectivity index is 1.52. The van der Waals surface area contributed by atoms with Crippen molar-refractivity contribution >= 4 is 47.1 Å². The van der Waals surface area contributed by atoms with E-state index in [-0.39, 0.29) is 42.3 Å². The molecule has 0 bridgehead atoms. The van der Waals surface area contributed by atoms with Crippen molar-refractivity contribution < 1.29 is 34.1 Å². The van der Waals surface area contributed by atoms with E-state index in [2.05, 4.69) is 4.98 Å². The first kappa shape index (κ1) is 28.6. The highest BCUT2D eigenvalue weighted by Gasteiger charge is 2.60. The Morgan fingerprint density at radius 2 is 1.92 bits per heavy atom. The second-order valence-corrected chi connectivity index (χ2v) is 11.9. The smallest absolute Gasteiger partial charge is 0.413 e. The van der Waals surface area contributed by atoms with Gasteiger partial charge in [-0.05, 0) is 51.5 Å². The molecule has 2 N–H and O–H groups in total. The highest BCUT2D eigenvalue weighted by atomic mass is 32.2. The summed E-state index contributed by atoms with van der Waals surface area (Å²) in [5.74, 6) is -1.94. The van der Waals surface area contributed by atoms with Crippen molar-refractivity contribution in [3.05, 3.63) is 32.1 Å². The maximum atomic E-state index is 13.4. The summed E-state index contributed by atoms with van der Waals surface area (Å²) >= 11 is 2.66. The summed E-state index contributed by atoms with van der Waals surface area (Å²) < 4.78 is 11.0. The van der Waals surface area contributed by atoms with Crippen molar-refractivity contribution in [3.8, 4) is 0 Å². The molecule has 2 amide bonds. The molecule has 0 radical (unpaired) electrons. The van der Waals surface area contributed by atoms with Gasteiger partial charge in [0.25, 0.3) is 0 Å². The summed E-state index contributed by atoms with van der Waals surface area (Å²) in [6, 6.07) is -0.307. The van der Waals surface area contributed by atoms with Gasteiger partial charge in [-0.25, -0.2) is 14.6 Å². The number of hydrogen-bond donors (Lipinski definition) is 2. The molecular weight excluding hydrogens is 530 g/mol. The number of β-lactam (4-membered cyclic amide) rings is 1. The van der Waals surface area contributed by atoms with E-state index in [9.17, 15) is 24.6 Å². The molecular formula is C26H35N3O7S2. The lowest BCUT2D eigenvalue weighted by Crippen LogP contribution is -2.63. The van der Waals surface area contributed by atoms with E-state index in [0.29, 0.717) is 10.6 Å². The van der Waals surface area contributed by atoms with E-state index in [0.717, 1.165) is 24.1 Å². The van der Waals surface area contributed by atoms with E-state index in [1.807, 2.05) is 20.8 Å². The van der Waals surface area contributed by atoms with Gasteiger partial charge >= 0.3 is 12.1 Å². The van der Waals surface area contributed by atoms with Crippen molar-refractivity contribution in [2.45, 2.75) is 91.0 Å². The topological polar surface area (TPSA) is 130 Å². The fraction of sp³-hybridized carbons (Fsp3) is 0.615. The molecule has 4 rings (SSSR count). The Morgan fingerprint density at radius 3 is 2.55 bits per heavy atom. The molecule has 1 aromatic heterocycles. The molecule has 4 heterocycles. The third-order valence-electron chi connectivity index (χ3n) is 7.48. The lowest BCUT2D eigenvalue weighted by atomic mass is 9.79. The average molecular weight is 566 g/mol. The number of aliphatic hydroxyl groups excluding tert-OH is 2. The number of aliphatic hydroxyl groups is 2. The third-order valence-corrected chi connectivity index (χ3v) is 9.41. The van der Waals surface area contributed by atoms with Crippen LogP contribution in [-0.4, -0.2) is 73.5 Å². The van der Waals surface area contributed by atoms with Crippen LogP contribution in [0.1, 0.15) is 64.5 Å². The van der Waals surface area contributed by atoms with Crippen LogP contribution in [0.5, 0.6) is 0 Å². The van der Waals surface area contributed by atoms with Gasteiger partial charge in [0.05, 0.1) is 40.8 Å². The number of likely N-dealkylation sites (tertiary alicyclic amines) is 1. The van der Waals surface area contributed by atoms with Gasteiger partial charge in [0.2, 0.25) is 12.2 Å². The molecule has 38 heavy (non-hydrogen) atoms. The Hall–Kier alpha value is -2.41. The zero-order chi connectivity index (χ0) is 27.7. The van der Waals surface area contributed by atoms with Crippen LogP contribution in [0.3, 0.4) is 0 Å². The van der Waals surface area contributed by atoms with E-state index in [1.54, 1.807) is 28.8 Å². The van der Waals surface area contributed by atoms with Gasteiger partial charge in [-0.15, -0.1) is 11.3 Å². The fourth-order valence-corrected chi connectivity index (χ4v) is 7.36. The van der Waals surface area contributed by atoms with Gasteiger partial charge in [-0.2, -0.15) is 0 Å².